The summed E-state index contributed by atoms with van der Waals surface area (Å²) < 4.78 is 19.2. The monoisotopic (exact) mass is 480 g/mol. The number of carbonyl (C=O) groups is 1. The highest BCUT2D eigenvalue weighted by molar-refractivity contribution is 6.42. The van der Waals surface area contributed by atoms with Gasteiger partial charge >= 0.3 is 0 Å². The molecule has 4 rings (SSSR count). The van der Waals surface area contributed by atoms with Gasteiger partial charge in [0.05, 0.1) is 22.8 Å². The maximum absolute atomic E-state index is 14.0. The van der Waals surface area contributed by atoms with Gasteiger partial charge in [-0.2, -0.15) is 5.10 Å². The van der Waals surface area contributed by atoms with Gasteiger partial charge < -0.3 is 15.0 Å². The van der Waals surface area contributed by atoms with Crippen LogP contribution in [0.3, 0.4) is 0 Å². The largest absolute Gasteiger partial charge is 0.378 e. The van der Waals surface area contributed by atoms with Crippen molar-refractivity contribution in [3.05, 3.63) is 56.8 Å². The Morgan fingerprint density at radius 3 is 2.75 bits per heavy atom. The van der Waals surface area contributed by atoms with Crippen LogP contribution in [0, 0.1) is 6.92 Å². The van der Waals surface area contributed by atoms with Gasteiger partial charge in [-0.3, -0.25) is 4.79 Å². The van der Waals surface area contributed by atoms with Crippen molar-refractivity contribution in [1.29, 1.82) is 0 Å². The van der Waals surface area contributed by atoms with Crippen LogP contribution in [-0.2, 0) is 11.2 Å². The molecule has 2 fully saturated rings. The highest BCUT2D eigenvalue weighted by Gasteiger charge is 2.31. The Morgan fingerprint density at radius 2 is 2.03 bits per heavy atom. The summed E-state index contributed by atoms with van der Waals surface area (Å²) in [4.78, 5) is 15.0. The molecule has 1 aromatic heterocycles. The van der Waals surface area contributed by atoms with E-state index in [2.05, 4.69) is 15.5 Å². The molecule has 2 aliphatic heterocycles. The molecule has 2 aromatic rings. The third kappa shape index (κ3) is 5.39. The first-order chi connectivity index (χ1) is 15.4. The minimum atomic E-state index is -0.973. The van der Waals surface area contributed by atoms with Crippen molar-refractivity contribution in [1.82, 2.24) is 20.4 Å². The van der Waals surface area contributed by atoms with Gasteiger partial charge in [-0.05, 0) is 61.4 Å². The average Bonchev–Trinajstić information content (AvgIpc) is 2.79. The van der Waals surface area contributed by atoms with E-state index in [1.54, 1.807) is 12.3 Å². The minimum Gasteiger partial charge on any atom is -0.378 e. The average molecular weight is 481 g/mol. The number of nitrogens with zero attached hydrogens (tertiary/aromatic N) is 3. The Bertz CT molecular complexity index is 969. The summed E-state index contributed by atoms with van der Waals surface area (Å²) >= 11 is 12.1. The number of alkyl halides is 1. The van der Waals surface area contributed by atoms with Gasteiger partial charge in [0.1, 0.15) is 6.17 Å². The van der Waals surface area contributed by atoms with Crippen LogP contribution in [0.25, 0.3) is 0 Å². The van der Waals surface area contributed by atoms with Gasteiger partial charge in [0.25, 0.3) is 5.91 Å². The summed E-state index contributed by atoms with van der Waals surface area (Å²) in [6.45, 7) is 3.86. The molecule has 0 aliphatic carbocycles. The van der Waals surface area contributed by atoms with E-state index in [4.69, 9.17) is 27.9 Å². The Hall–Kier alpha value is -1.80. The Morgan fingerprint density at radius 1 is 1.25 bits per heavy atom. The maximum Gasteiger partial charge on any atom is 0.274 e. The zero-order valence-corrected chi connectivity index (χ0v) is 19.5. The third-order valence-electron chi connectivity index (χ3n) is 6.31. The van der Waals surface area contributed by atoms with Crippen LogP contribution in [0.5, 0.6) is 0 Å². The molecular formula is C23H27Cl2FN4O2. The number of benzene rings is 1. The second-order valence-electron chi connectivity index (χ2n) is 8.49. The molecule has 2 saturated heterocycles. The molecule has 6 nitrogen and oxygen atoms in total. The maximum atomic E-state index is 14.0. The van der Waals surface area contributed by atoms with Gasteiger partial charge in [-0.25, -0.2) is 4.39 Å². The number of piperidine rings is 1. The molecule has 9 heteroatoms. The highest BCUT2D eigenvalue weighted by atomic mass is 35.5. The van der Waals surface area contributed by atoms with E-state index in [-0.39, 0.29) is 24.6 Å². The summed E-state index contributed by atoms with van der Waals surface area (Å²) in [6.07, 6.45) is 3.54. The van der Waals surface area contributed by atoms with Crippen LogP contribution >= 0.6 is 23.2 Å². The van der Waals surface area contributed by atoms with E-state index in [0.29, 0.717) is 48.3 Å². The molecule has 3 heterocycles. The number of aromatic nitrogens is 2. The summed E-state index contributed by atoms with van der Waals surface area (Å²) in [7, 11) is 0. The van der Waals surface area contributed by atoms with Crippen LogP contribution in [0.15, 0.2) is 24.4 Å². The number of carbonyl (C=O) groups excluding carboxylic acids is 1. The first-order valence-electron chi connectivity index (χ1n) is 10.9. The Balaban J connectivity index is 1.38. The predicted octanol–water partition coefficient (Wildman–Crippen LogP) is 4.00. The third-order valence-corrected chi connectivity index (χ3v) is 7.05. The van der Waals surface area contributed by atoms with Gasteiger partial charge in [-0.15, -0.1) is 5.10 Å². The van der Waals surface area contributed by atoms with Crippen LogP contribution in [0.1, 0.15) is 46.4 Å². The topological polar surface area (TPSA) is 67.4 Å². The standard InChI is InChI=1S/C23H27Cl2FN4O2/c1-14-16(10-15-2-3-18(24)19(25)11-15)12-27-29-22(14)23(31)30-7-4-17(5-8-30)28-21-6-9-32-13-20(21)26/h2-3,11-12,17,20-21,28H,4-10,13H2,1H3. The molecule has 0 spiro atoms. The lowest BCUT2D eigenvalue weighted by Gasteiger charge is -2.36. The number of nitrogens with one attached hydrogen (secondary N) is 1. The second kappa shape index (κ2) is 10.4. The highest BCUT2D eigenvalue weighted by Crippen LogP contribution is 2.25. The molecule has 0 radical (unpaired) electrons. The minimum absolute atomic E-state index is 0.112. The van der Waals surface area contributed by atoms with E-state index in [1.807, 2.05) is 24.0 Å². The van der Waals surface area contributed by atoms with Crippen molar-refractivity contribution in [2.45, 2.75) is 50.9 Å². The zero-order valence-electron chi connectivity index (χ0n) is 18.0. The van der Waals surface area contributed by atoms with Gasteiger partial charge in [0, 0.05) is 31.8 Å². The van der Waals surface area contributed by atoms with Gasteiger partial charge in [-0.1, -0.05) is 29.3 Å². The number of halogens is 3. The lowest BCUT2D eigenvalue weighted by Crippen LogP contribution is -2.52. The second-order valence-corrected chi connectivity index (χ2v) is 9.30. The molecule has 2 unspecified atom stereocenters. The lowest BCUT2D eigenvalue weighted by atomic mass is 9.99. The van der Waals surface area contributed by atoms with E-state index in [0.717, 1.165) is 29.5 Å². The number of ether oxygens (including phenoxy) is 1. The summed E-state index contributed by atoms with van der Waals surface area (Å²) in [5, 5.41) is 12.6. The van der Waals surface area contributed by atoms with E-state index in [1.165, 1.54) is 0 Å². The zero-order chi connectivity index (χ0) is 22.7. The normalized spacial score (nSPS) is 22.2. The van der Waals surface area contributed by atoms with Crippen LogP contribution in [-0.4, -0.2) is 65.6 Å². The molecule has 0 saturated carbocycles. The number of likely N-dealkylation sites (tertiary alicyclic amines) is 1. The fourth-order valence-corrected chi connectivity index (χ4v) is 4.64. The number of hydrogen-bond acceptors (Lipinski definition) is 5. The molecule has 2 atom stereocenters. The smallest absolute Gasteiger partial charge is 0.274 e. The predicted molar refractivity (Wildman–Crippen MR) is 122 cm³/mol. The van der Waals surface area contributed by atoms with Crippen molar-refractivity contribution in [2.24, 2.45) is 0 Å². The SMILES string of the molecule is Cc1c(Cc2ccc(Cl)c(Cl)c2)cnnc1C(=O)N1CCC(NC2CCOCC2F)CC1. The van der Waals surface area contributed by atoms with Crippen molar-refractivity contribution in [3.63, 3.8) is 0 Å². The van der Waals surface area contributed by atoms with Crippen LogP contribution in [0.4, 0.5) is 4.39 Å². The van der Waals surface area contributed by atoms with Crippen LogP contribution < -0.4 is 5.32 Å². The van der Waals surface area contributed by atoms with Crippen LogP contribution in [0.2, 0.25) is 10.0 Å². The summed E-state index contributed by atoms with van der Waals surface area (Å²) in [5.41, 5.74) is 3.10. The molecule has 1 amide bonds. The molecule has 32 heavy (non-hydrogen) atoms. The number of amides is 1. The first kappa shape index (κ1) is 23.4. The molecule has 1 N–H and O–H groups in total. The Kier molecular flexibility index (Phi) is 7.61. The van der Waals surface area contributed by atoms with Crippen molar-refractivity contribution >= 4 is 29.1 Å². The van der Waals surface area contributed by atoms with Crippen molar-refractivity contribution in [3.8, 4) is 0 Å². The first-order valence-corrected chi connectivity index (χ1v) is 11.7. The van der Waals surface area contributed by atoms with E-state index >= 15 is 0 Å². The molecular weight excluding hydrogens is 454 g/mol. The quantitative estimate of drug-likeness (QED) is 0.700. The van der Waals surface area contributed by atoms with Gasteiger partial charge in [0.2, 0.25) is 0 Å². The number of rotatable bonds is 5. The van der Waals surface area contributed by atoms with Crippen molar-refractivity contribution < 1.29 is 13.9 Å². The van der Waals surface area contributed by atoms with Crippen molar-refractivity contribution in [2.75, 3.05) is 26.3 Å². The Labute approximate surface area is 197 Å². The summed E-state index contributed by atoms with van der Waals surface area (Å²) in [5.74, 6) is -0.112. The van der Waals surface area contributed by atoms with Gasteiger partial charge in [0.15, 0.2) is 5.69 Å². The molecule has 1 aromatic carbocycles. The fraction of sp³-hybridized carbons (Fsp3) is 0.522. The fourth-order valence-electron chi connectivity index (χ4n) is 4.32. The molecule has 0 bridgehead atoms. The van der Waals surface area contributed by atoms with E-state index < -0.39 is 6.17 Å². The lowest BCUT2D eigenvalue weighted by molar-refractivity contribution is 0.00840. The number of hydrogen-bond donors (Lipinski definition) is 1. The molecule has 2 aliphatic rings. The molecule has 172 valence electrons. The van der Waals surface area contributed by atoms with E-state index in [9.17, 15) is 9.18 Å². The summed E-state index contributed by atoms with van der Waals surface area (Å²) in [6, 6.07) is 5.53.